The molecular weight excluding hydrogens is 462 g/mol. The maximum Gasteiger partial charge on any atom is 0.259 e. The molecule has 2 aromatic rings. The summed E-state index contributed by atoms with van der Waals surface area (Å²) >= 11 is 0. The second-order valence-corrected chi connectivity index (χ2v) is 8.86. The highest BCUT2D eigenvalue weighted by Crippen LogP contribution is 2.27. The molecule has 0 aliphatic carbocycles. The van der Waals surface area contributed by atoms with Crippen LogP contribution in [0.25, 0.3) is 0 Å². The molecule has 0 saturated carbocycles. The molecule has 1 aliphatic heterocycles. The Morgan fingerprint density at radius 3 is 2.78 bits per heavy atom. The Kier molecular flexibility index (Phi) is 9.28. The summed E-state index contributed by atoms with van der Waals surface area (Å²) in [6, 6.07) is 8.64. The third-order valence-electron chi connectivity index (χ3n) is 6.12. The monoisotopic (exact) mass is 495 g/mol. The maximum atomic E-state index is 13.5. The van der Waals surface area contributed by atoms with Gasteiger partial charge >= 0.3 is 0 Å². The molecule has 0 radical (unpaired) electrons. The van der Waals surface area contributed by atoms with Crippen molar-refractivity contribution < 1.29 is 28.9 Å². The van der Waals surface area contributed by atoms with Crippen LogP contribution in [0.5, 0.6) is 11.6 Å². The van der Waals surface area contributed by atoms with E-state index in [4.69, 9.17) is 14.2 Å². The Morgan fingerprint density at radius 2 is 2.08 bits per heavy atom. The summed E-state index contributed by atoms with van der Waals surface area (Å²) in [5.74, 6) is 6.31. The first kappa shape index (κ1) is 27.0. The molecule has 0 saturated heterocycles. The fourth-order valence-electron chi connectivity index (χ4n) is 3.88. The van der Waals surface area contributed by atoms with E-state index in [2.05, 4.69) is 16.8 Å². The van der Waals surface area contributed by atoms with Crippen LogP contribution < -0.4 is 9.47 Å². The lowest BCUT2D eigenvalue weighted by molar-refractivity contribution is -0.135. The van der Waals surface area contributed by atoms with Crippen molar-refractivity contribution in [3.05, 3.63) is 53.2 Å². The highest BCUT2D eigenvalue weighted by molar-refractivity contribution is 5.97. The summed E-state index contributed by atoms with van der Waals surface area (Å²) in [6.45, 7) is 4.14. The number of rotatable bonds is 7. The minimum Gasteiger partial charge on any atom is -0.495 e. The maximum absolute atomic E-state index is 13.5. The van der Waals surface area contributed by atoms with Crippen molar-refractivity contribution in [1.82, 2.24) is 14.8 Å². The van der Waals surface area contributed by atoms with Gasteiger partial charge in [-0.25, -0.2) is 4.98 Å². The van der Waals surface area contributed by atoms with Gasteiger partial charge in [0.15, 0.2) is 0 Å². The number of ether oxygens (including phenoxy) is 3. The fraction of sp³-hybridized carbons (Fsp3) is 0.444. The molecule has 0 fully saturated rings. The van der Waals surface area contributed by atoms with Crippen molar-refractivity contribution in [1.29, 1.82) is 0 Å². The molecule has 9 nitrogen and oxygen atoms in total. The number of carbonyl (C=O) groups is 2. The number of amides is 2. The number of carbonyl (C=O) groups excluding carboxylic acids is 2. The molecule has 1 aromatic heterocycles. The zero-order chi connectivity index (χ0) is 26.2. The molecule has 36 heavy (non-hydrogen) atoms. The van der Waals surface area contributed by atoms with Crippen molar-refractivity contribution in [2.24, 2.45) is 5.92 Å². The number of methoxy groups -OCH3 is 2. The summed E-state index contributed by atoms with van der Waals surface area (Å²) in [6.07, 6.45) is 1.12. The number of benzene rings is 1. The van der Waals surface area contributed by atoms with Gasteiger partial charge in [0.1, 0.15) is 24.0 Å². The lowest BCUT2D eigenvalue weighted by Crippen LogP contribution is -2.50. The third kappa shape index (κ3) is 6.33. The number of aliphatic hydroxyl groups excluding tert-OH is 1. The Morgan fingerprint density at radius 1 is 1.33 bits per heavy atom. The average Bonchev–Trinajstić information content (AvgIpc) is 2.89. The van der Waals surface area contributed by atoms with Crippen molar-refractivity contribution in [2.75, 3.05) is 47.6 Å². The van der Waals surface area contributed by atoms with Crippen LogP contribution in [-0.4, -0.2) is 91.4 Å². The van der Waals surface area contributed by atoms with Gasteiger partial charge in [-0.05, 0) is 25.1 Å². The fourth-order valence-corrected chi connectivity index (χ4v) is 3.88. The van der Waals surface area contributed by atoms with E-state index in [1.165, 1.54) is 7.11 Å². The summed E-state index contributed by atoms with van der Waals surface area (Å²) in [5.41, 5.74) is 1.50. The zero-order valence-corrected chi connectivity index (χ0v) is 21.4. The molecule has 0 spiro atoms. The normalized spacial score (nSPS) is 18.1. The summed E-state index contributed by atoms with van der Waals surface area (Å²) in [7, 11) is 4.73. The van der Waals surface area contributed by atoms with Crippen LogP contribution in [0.15, 0.2) is 36.5 Å². The van der Waals surface area contributed by atoms with Gasteiger partial charge in [0, 0.05) is 38.4 Å². The smallest absolute Gasteiger partial charge is 0.259 e. The standard InChI is InChI=1S/C27H33N3O6/c1-18-14-30(19(2)16-31)27(33)22-12-20(10-11-21-8-6-7-9-23(21)35-5)13-28-26(22)36-24(18)15-29(3)25(32)17-34-4/h6-9,12-13,18-19,24,31H,14-17H2,1-5H3/t18-,19-,24+/m1/s1. The Balaban J connectivity index is 1.98. The highest BCUT2D eigenvalue weighted by Gasteiger charge is 2.34. The van der Waals surface area contributed by atoms with Crippen LogP contribution in [-0.2, 0) is 9.53 Å². The van der Waals surface area contributed by atoms with Crippen molar-refractivity contribution in [3.8, 4) is 23.5 Å². The topological polar surface area (TPSA) is 101 Å². The van der Waals surface area contributed by atoms with Gasteiger partial charge in [0.25, 0.3) is 5.91 Å². The number of hydrogen-bond acceptors (Lipinski definition) is 7. The number of aromatic nitrogens is 1. The van der Waals surface area contributed by atoms with E-state index in [0.29, 0.717) is 23.4 Å². The predicted molar refractivity (Wildman–Crippen MR) is 134 cm³/mol. The Hall–Kier alpha value is -3.61. The highest BCUT2D eigenvalue weighted by atomic mass is 16.5. The molecule has 9 heteroatoms. The quantitative estimate of drug-likeness (QED) is 0.585. The van der Waals surface area contributed by atoms with E-state index in [9.17, 15) is 14.7 Å². The number of pyridine rings is 1. The van der Waals surface area contributed by atoms with Crippen molar-refractivity contribution in [3.63, 3.8) is 0 Å². The number of para-hydroxylation sites is 1. The van der Waals surface area contributed by atoms with E-state index in [0.717, 1.165) is 0 Å². The molecule has 0 unspecified atom stereocenters. The van der Waals surface area contributed by atoms with E-state index >= 15 is 0 Å². The lowest BCUT2D eigenvalue weighted by atomic mass is 10.00. The zero-order valence-electron chi connectivity index (χ0n) is 21.4. The largest absolute Gasteiger partial charge is 0.495 e. The molecule has 3 atom stereocenters. The first-order chi connectivity index (χ1) is 17.3. The van der Waals surface area contributed by atoms with Crippen LogP contribution >= 0.6 is 0 Å². The lowest BCUT2D eigenvalue weighted by Gasteiger charge is -2.37. The third-order valence-corrected chi connectivity index (χ3v) is 6.12. The summed E-state index contributed by atoms with van der Waals surface area (Å²) < 4.78 is 16.5. The van der Waals surface area contributed by atoms with Crippen LogP contribution in [0, 0.1) is 17.8 Å². The molecule has 0 bridgehead atoms. The van der Waals surface area contributed by atoms with Crippen LogP contribution in [0.1, 0.15) is 35.3 Å². The number of likely N-dealkylation sites (N-methyl/N-ethyl adjacent to an activating group) is 1. The van der Waals surface area contributed by atoms with Crippen LogP contribution in [0.3, 0.4) is 0 Å². The van der Waals surface area contributed by atoms with Gasteiger partial charge in [-0.1, -0.05) is 30.9 Å². The van der Waals surface area contributed by atoms with Crippen molar-refractivity contribution >= 4 is 11.8 Å². The molecule has 3 rings (SSSR count). The van der Waals surface area contributed by atoms with Gasteiger partial charge in [0.05, 0.1) is 31.9 Å². The van der Waals surface area contributed by atoms with E-state index < -0.39 is 12.1 Å². The second-order valence-electron chi connectivity index (χ2n) is 8.86. The van der Waals surface area contributed by atoms with E-state index in [1.807, 2.05) is 31.2 Å². The first-order valence-electron chi connectivity index (χ1n) is 11.8. The second kappa shape index (κ2) is 12.4. The predicted octanol–water partition coefficient (Wildman–Crippen LogP) is 1.81. The van der Waals surface area contributed by atoms with E-state index in [1.54, 1.807) is 43.1 Å². The molecule has 192 valence electrons. The SMILES string of the molecule is COCC(=O)N(C)C[C@@H]1Oc2ncc(C#Cc3ccccc3OC)cc2C(=O)N([C@H](C)CO)C[C@H]1C. The number of fused-ring (bicyclic) bond motifs is 1. The molecule has 2 amide bonds. The summed E-state index contributed by atoms with van der Waals surface area (Å²) in [5, 5.41) is 9.82. The molecule has 1 aliphatic rings. The van der Waals surface area contributed by atoms with Gasteiger partial charge in [-0.3, -0.25) is 9.59 Å². The van der Waals surface area contributed by atoms with E-state index in [-0.39, 0.29) is 48.9 Å². The Labute approximate surface area is 212 Å². The van der Waals surface area contributed by atoms with Crippen LogP contribution in [0.2, 0.25) is 0 Å². The summed E-state index contributed by atoms with van der Waals surface area (Å²) in [4.78, 5) is 33.4. The molecule has 1 N–H and O–H groups in total. The molecular formula is C27H33N3O6. The van der Waals surface area contributed by atoms with Crippen LogP contribution in [0.4, 0.5) is 0 Å². The number of aliphatic hydroxyl groups is 1. The minimum atomic E-state index is -0.436. The van der Waals surface area contributed by atoms with Crippen molar-refractivity contribution in [2.45, 2.75) is 26.0 Å². The number of hydrogen-bond donors (Lipinski definition) is 1. The number of nitrogens with zero attached hydrogens (tertiary/aromatic N) is 3. The minimum absolute atomic E-state index is 0.0349. The van der Waals surface area contributed by atoms with Gasteiger partial charge in [0.2, 0.25) is 11.8 Å². The van der Waals surface area contributed by atoms with Gasteiger partial charge < -0.3 is 29.1 Å². The first-order valence-corrected chi connectivity index (χ1v) is 11.8. The molecule has 2 heterocycles. The Bertz CT molecular complexity index is 1140. The average molecular weight is 496 g/mol. The van der Waals surface area contributed by atoms with Gasteiger partial charge in [-0.15, -0.1) is 0 Å². The van der Waals surface area contributed by atoms with Gasteiger partial charge in [-0.2, -0.15) is 0 Å². The molecule has 1 aromatic carbocycles.